The number of hydrogen-bond donors (Lipinski definition) is 1. The summed E-state index contributed by atoms with van der Waals surface area (Å²) in [5.41, 5.74) is -0.0210. The molecular weight excluding hydrogens is 295 g/mol. The molecule has 0 saturated heterocycles. The molecule has 0 radical (unpaired) electrons. The van der Waals surface area contributed by atoms with Crippen LogP contribution in [0.1, 0.15) is 0 Å². The van der Waals surface area contributed by atoms with Gasteiger partial charge in [0.2, 0.25) is 0 Å². The molecule has 82 valence electrons. The van der Waals surface area contributed by atoms with Crippen LogP contribution in [0.3, 0.4) is 0 Å². The average molecular weight is 301 g/mol. The maximum Gasteiger partial charge on any atom is 0.251 e. The summed E-state index contributed by atoms with van der Waals surface area (Å²) in [4.78, 5) is 13.4. The maximum atomic E-state index is 13.6. The third-order valence-electron chi connectivity index (χ3n) is 1.99. The van der Waals surface area contributed by atoms with Gasteiger partial charge in [-0.2, -0.15) is 0 Å². The molecule has 0 atom stereocenters. The number of rotatable bonds is 1. The summed E-state index contributed by atoms with van der Waals surface area (Å²) in [6.07, 6.45) is 1.44. The van der Waals surface area contributed by atoms with Gasteiger partial charge in [0.05, 0.1) is 5.69 Å². The molecule has 0 saturated carbocycles. The van der Waals surface area contributed by atoms with Crippen LogP contribution in [0.4, 0.5) is 4.39 Å². The minimum absolute atomic E-state index is 0.157. The first-order valence-corrected chi connectivity index (χ1v) is 5.55. The highest BCUT2D eigenvalue weighted by atomic mass is 79.9. The minimum atomic E-state index is -0.411. The molecule has 1 N–H and O–H groups in total. The molecule has 1 heterocycles. The molecule has 1 aromatic carbocycles. The van der Waals surface area contributed by atoms with E-state index >= 15 is 0 Å². The molecule has 0 aliphatic rings. The van der Waals surface area contributed by atoms with Crippen molar-refractivity contribution in [3.05, 3.63) is 55.9 Å². The van der Waals surface area contributed by atoms with Gasteiger partial charge in [-0.05, 0) is 30.4 Å². The molecule has 0 bridgehead atoms. The van der Waals surface area contributed by atoms with E-state index in [1.807, 2.05) is 0 Å². The summed E-state index contributed by atoms with van der Waals surface area (Å²) in [7, 11) is 0. The van der Waals surface area contributed by atoms with E-state index in [9.17, 15) is 9.18 Å². The van der Waals surface area contributed by atoms with Crippen molar-refractivity contribution in [2.45, 2.75) is 0 Å². The number of nitrogens with one attached hydrogen (secondary N) is 1. The summed E-state index contributed by atoms with van der Waals surface area (Å²) in [6.45, 7) is 0. The molecule has 0 spiro atoms. The van der Waals surface area contributed by atoms with Gasteiger partial charge >= 0.3 is 0 Å². The number of aromatic nitrogens is 2. The molecule has 2 rings (SSSR count). The summed E-state index contributed by atoms with van der Waals surface area (Å²) < 4.78 is 15.8. The summed E-state index contributed by atoms with van der Waals surface area (Å²) in [5.74, 6) is -0.411. The summed E-state index contributed by atoms with van der Waals surface area (Å²) in [5, 5.41) is 0. The van der Waals surface area contributed by atoms with Crippen molar-refractivity contribution in [1.29, 1.82) is 0 Å². The molecular formula is C10H6BrFN2OS. The van der Waals surface area contributed by atoms with E-state index in [2.05, 4.69) is 20.9 Å². The van der Waals surface area contributed by atoms with Crippen LogP contribution in [-0.4, -0.2) is 9.55 Å². The number of benzene rings is 1. The maximum absolute atomic E-state index is 13.6. The van der Waals surface area contributed by atoms with Gasteiger partial charge in [0.15, 0.2) is 4.77 Å². The van der Waals surface area contributed by atoms with Crippen LogP contribution in [0, 0.1) is 10.6 Å². The zero-order valence-corrected chi connectivity index (χ0v) is 10.3. The first-order chi connectivity index (χ1) is 7.58. The SMILES string of the molecule is O=c1ccn(-c2cc(Br)ccc2F)c(=S)[nH]1. The lowest BCUT2D eigenvalue weighted by Gasteiger charge is -2.07. The molecule has 1 aromatic heterocycles. The Morgan fingerprint density at radius 2 is 2.12 bits per heavy atom. The smallest absolute Gasteiger partial charge is 0.251 e. The Morgan fingerprint density at radius 3 is 2.81 bits per heavy atom. The zero-order valence-electron chi connectivity index (χ0n) is 7.91. The second-order valence-electron chi connectivity index (χ2n) is 3.08. The predicted molar refractivity (Wildman–Crippen MR) is 64.9 cm³/mol. The lowest BCUT2D eigenvalue weighted by atomic mass is 10.3. The number of hydrogen-bond acceptors (Lipinski definition) is 2. The van der Waals surface area contributed by atoms with Crippen LogP contribution < -0.4 is 5.56 Å². The Bertz CT molecular complexity index is 650. The standard InChI is InChI=1S/C10H6BrFN2OS/c11-6-1-2-7(12)8(5-6)14-4-3-9(15)13-10(14)16/h1-5H,(H,13,15,16). The molecule has 2 aromatic rings. The Morgan fingerprint density at radius 1 is 1.38 bits per heavy atom. The molecule has 0 aliphatic carbocycles. The first-order valence-electron chi connectivity index (χ1n) is 4.35. The lowest BCUT2D eigenvalue weighted by molar-refractivity contribution is 0.615. The van der Waals surface area contributed by atoms with E-state index in [1.54, 1.807) is 12.1 Å². The number of nitrogens with zero attached hydrogens (tertiary/aromatic N) is 1. The van der Waals surface area contributed by atoms with Crippen molar-refractivity contribution >= 4 is 28.1 Å². The van der Waals surface area contributed by atoms with Gasteiger partial charge in [0, 0.05) is 16.7 Å². The highest BCUT2D eigenvalue weighted by Crippen LogP contribution is 2.18. The third-order valence-corrected chi connectivity index (χ3v) is 2.78. The molecule has 0 unspecified atom stereocenters. The van der Waals surface area contributed by atoms with E-state index in [4.69, 9.17) is 12.2 Å². The minimum Gasteiger partial charge on any atom is -0.299 e. The van der Waals surface area contributed by atoms with Crippen molar-refractivity contribution in [3.63, 3.8) is 0 Å². The Hall–Kier alpha value is -1.27. The van der Waals surface area contributed by atoms with Crippen molar-refractivity contribution in [2.75, 3.05) is 0 Å². The second kappa shape index (κ2) is 4.31. The number of halogens is 2. The van der Waals surface area contributed by atoms with Gasteiger partial charge in [0.25, 0.3) is 5.56 Å². The quantitative estimate of drug-likeness (QED) is 0.823. The van der Waals surface area contributed by atoms with Crippen LogP contribution in [-0.2, 0) is 0 Å². The van der Waals surface area contributed by atoms with E-state index in [0.29, 0.717) is 0 Å². The van der Waals surface area contributed by atoms with Gasteiger partial charge in [-0.25, -0.2) is 4.39 Å². The van der Waals surface area contributed by atoms with Crippen LogP contribution >= 0.6 is 28.1 Å². The number of aromatic amines is 1. The highest BCUT2D eigenvalue weighted by molar-refractivity contribution is 9.10. The normalized spacial score (nSPS) is 10.4. The first kappa shape index (κ1) is 11.2. The van der Waals surface area contributed by atoms with Gasteiger partial charge in [-0.1, -0.05) is 15.9 Å². The highest BCUT2D eigenvalue weighted by Gasteiger charge is 2.05. The zero-order chi connectivity index (χ0) is 11.7. The molecule has 6 heteroatoms. The van der Waals surface area contributed by atoms with Crippen LogP contribution in [0.5, 0.6) is 0 Å². The Labute approximate surface area is 104 Å². The Kier molecular flexibility index (Phi) is 3.02. The van der Waals surface area contributed by atoms with Crippen LogP contribution in [0.2, 0.25) is 0 Å². The summed E-state index contributed by atoms with van der Waals surface area (Å²) >= 11 is 8.20. The molecule has 3 nitrogen and oxygen atoms in total. The van der Waals surface area contributed by atoms with Crippen molar-refractivity contribution in [1.82, 2.24) is 9.55 Å². The summed E-state index contributed by atoms with van der Waals surface area (Å²) in [6, 6.07) is 5.79. The van der Waals surface area contributed by atoms with E-state index in [-0.39, 0.29) is 16.0 Å². The largest absolute Gasteiger partial charge is 0.299 e. The predicted octanol–water partition coefficient (Wildman–Crippen LogP) is 2.80. The fourth-order valence-corrected chi connectivity index (χ4v) is 1.89. The fourth-order valence-electron chi connectivity index (χ4n) is 1.28. The van der Waals surface area contributed by atoms with Crippen LogP contribution in [0.15, 0.2) is 39.7 Å². The van der Waals surface area contributed by atoms with Gasteiger partial charge in [-0.3, -0.25) is 14.3 Å². The molecule has 0 aliphatic heterocycles. The third kappa shape index (κ3) is 2.12. The van der Waals surface area contributed by atoms with E-state index in [0.717, 1.165) is 4.47 Å². The lowest BCUT2D eigenvalue weighted by Crippen LogP contribution is -2.10. The number of H-pyrrole nitrogens is 1. The van der Waals surface area contributed by atoms with Gasteiger partial charge < -0.3 is 0 Å². The molecule has 0 amide bonds. The molecule has 16 heavy (non-hydrogen) atoms. The van der Waals surface area contributed by atoms with E-state index in [1.165, 1.54) is 22.9 Å². The molecule has 0 fully saturated rings. The van der Waals surface area contributed by atoms with Crippen molar-refractivity contribution < 1.29 is 4.39 Å². The van der Waals surface area contributed by atoms with Crippen molar-refractivity contribution in [2.24, 2.45) is 0 Å². The Balaban J connectivity index is 2.72. The van der Waals surface area contributed by atoms with E-state index < -0.39 is 5.82 Å². The average Bonchev–Trinajstić information content (AvgIpc) is 2.22. The second-order valence-corrected chi connectivity index (χ2v) is 4.38. The van der Waals surface area contributed by atoms with Gasteiger partial charge in [-0.15, -0.1) is 0 Å². The monoisotopic (exact) mass is 300 g/mol. The fraction of sp³-hybridized carbons (Fsp3) is 0. The van der Waals surface area contributed by atoms with Crippen LogP contribution in [0.25, 0.3) is 5.69 Å². The van der Waals surface area contributed by atoms with Crippen molar-refractivity contribution in [3.8, 4) is 5.69 Å². The van der Waals surface area contributed by atoms with Gasteiger partial charge in [0.1, 0.15) is 5.82 Å². The topological polar surface area (TPSA) is 37.8 Å².